The fraction of sp³-hybridized carbons (Fsp3) is 0.524. The Kier molecular flexibility index (Phi) is 13.1. The zero-order valence-electron chi connectivity index (χ0n) is 17.1. The molecule has 0 radical (unpaired) electrons. The van der Waals surface area contributed by atoms with Crippen LogP contribution in [0.1, 0.15) is 55.8 Å². The van der Waals surface area contributed by atoms with E-state index >= 15 is 0 Å². The minimum absolute atomic E-state index is 0. The second-order valence-corrected chi connectivity index (χ2v) is 7.63. The number of unbranched alkanes of at least 4 members (excludes halogenated alkanes) is 1. The van der Waals surface area contributed by atoms with Crippen molar-refractivity contribution in [3.63, 3.8) is 0 Å². The van der Waals surface area contributed by atoms with Crippen molar-refractivity contribution in [1.29, 1.82) is 0 Å². The average Bonchev–Trinajstić information content (AvgIpc) is 3.15. The molecule has 5 nitrogen and oxygen atoms in total. The minimum atomic E-state index is 0. The third-order valence-corrected chi connectivity index (χ3v) is 4.85. The summed E-state index contributed by atoms with van der Waals surface area (Å²) in [6.45, 7) is 10.2. The largest absolute Gasteiger partial charge is 0.377 e. The summed E-state index contributed by atoms with van der Waals surface area (Å²) in [6.07, 6.45) is 2.08. The van der Waals surface area contributed by atoms with Crippen LogP contribution in [0, 0.1) is 0 Å². The van der Waals surface area contributed by atoms with Crippen molar-refractivity contribution in [1.82, 2.24) is 15.6 Å². The second-order valence-electron chi connectivity index (χ2n) is 6.69. The molecule has 1 aromatic heterocycles. The molecule has 2 N–H and O–H groups in total. The van der Waals surface area contributed by atoms with Gasteiger partial charge < -0.3 is 15.4 Å². The Bertz CT molecular complexity index is 676. The number of nitrogens with zero attached hydrogens (tertiary/aromatic N) is 2. The van der Waals surface area contributed by atoms with Crippen molar-refractivity contribution in [2.45, 2.75) is 52.7 Å². The standard InChI is InChI=1S/C21H32N4OS.HI/c1-4-22-21(24-14-20-25-19(16-27-20)17(2)3)23-12-8-9-13-26-15-18-10-6-5-7-11-18;/h5-7,10-11,16-17H,4,8-9,12-15H2,1-3H3,(H2,22,23,24);1H. The quantitative estimate of drug-likeness (QED) is 0.192. The number of thiazole rings is 1. The summed E-state index contributed by atoms with van der Waals surface area (Å²) in [4.78, 5) is 9.28. The average molecular weight is 516 g/mol. The van der Waals surface area contributed by atoms with Gasteiger partial charge in [0.25, 0.3) is 0 Å². The van der Waals surface area contributed by atoms with E-state index in [2.05, 4.69) is 58.9 Å². The van der Waals surface area contributed by atoms with E-state index in [1.807, 2.05) is 18.2 Å². The summed E-state index contributed by atoms with van der Waals surface area (Å²) >= 11 is 1.68. The maximum Gasteiger partial charge on any atom is 0.191 e. The zero-order valence-corrected chi connectivity index (χ0v) is 20.3. The summed E-state index contributed by atoms with van der Waals surface area (Å²) in [5.74, 6) is 1.32. The van der Waals surface area contributed by atoms with Gasteiger partial charge in [-0.25, -0.2) is 9.98 Å². The van der Waals surface area contributed by atoms with Crippen LogP contribution < -0.4 is 10.6 Å². The van der Waals surface area contributed by atoms with Gasteiger partial charge in [-0.2, -0.15) is 0 Å². The molecule has 1 heterocycles. The van der Waals surface area contributed by atoms with Crippen molar-refractivity contribution in [3.8, 4) is 0 Å². The number of ether oxygens (including phenoxy) is 1. The Labute approximate surface area is 190 Å². The molecule has 0 spiro atoms. The molecular weight excluding hydrogens is 483 g/mol. The van der Waals surface area contributed by atoms with Crippen LogP contribution in [0.5, 0.6) is 0 Å². The van der Waals surface area contributed by atoms with Crippen LogP contribution in [0.4, 0.5) is 0 Å². The Balaban J connectivity index is 0.00000392. The number of hydrogen-bond donors (Lipinski definition) is 2. The van der Waals surface area contributed by atoms with Crippen molar-refractivity contribution in [3.05, 3.63) is 52.0 Å². The fourth-order valence-corrected chi connectivity index (χ4v) is 3.33. The Morgan fingerprint density at radius 3 is 2.64 bits per heavy atom. The highest BCUT2D eigenvalue weighted by atomic mass is 127. The predicted octanol–water partition coefficient (Wildman–Crippen LogP) is 4.94. The van der Waals surface area contributed by atoms with E-state index in [9.17, 15) is 0 Å². The molecule has 0 atom stereocenters. The van der Waals surface area contributed by atoms with E-state index in [-0.39, 0.29) is 24.0 Å². The van der Waals surface area contributed by atoms with E-state index in [1.165, 1.54) is 5.56 Å². The highest BCUT2D eigenvalue weighted by molar-refractivity contribution is 14.0. The number of rotatable bonds is 11. The number of hydrogen-bond acceptors (Lipinski definition) is 4. The van der Waals surface area contributed by atoms with Crippen LogP contribution >= 0.6 is 35.3 Å². The summed E-state index contributed by atoms with van der Waals surface area (Å²) in [5, 5.41) is 9.87. The number of guanidine groups is 1. The number of nitrogens with one attached hydrogen (secondary N) is 2. The van der Waals surface area contributed by atoms with Gasteiger partial charge in [-0.3, -0.25) is 0 Å². The molecule has 0 unspecified atom stereocenters. The molecule has 0 saturated carbocycles. The predicted molar refractivity (Wildman–Crippen MR) is 130 cm³/mol. The van der Waals surface area contributed by atoms with Gasteiger partial charge >= 0.3 is 0 Å². The first-order valence-corrected chi connectivity index (χ1v) is 10.6. The summed E-state index contributed by atoms with van der Waals surface area (Å²) in [7, 11) is 0. The minimum Gasteiger partial charge on any atom is -0.377 e. The van der Waals surface area contributed by atoms with Gasteiger partial charge in [-0.05, 0) is 31.2 Å². The molecule has 0 amide bonds. The molecule has 0 saturated heterocycles. The number of aromatic nitrogens is 1. The molecule has 0 fully saturated rings. The van der Waals surface area contributed by atoms with Crippen molar-refractivity contribution in [2.75, 3.05) is 19.7 Å². The van der Waals surface area contributed by atoms with Crippen LogP contribution in [0.15, 0.2) is 40.7 Å². The third-order valence-electron chi connectivity index (χ3n) is 4.00. The van der Waals surface area contributed by atoms with Crippen LogP contribution in [0.25, 0.3) is 0 Å². The Morgan fingerprint density at radius 1 is 1.18 bits per heavy atom. The van der Waals surface area contributed by atoms with Crippen molar-refractivity contribution < 1.29 is 4.74 Å². The van der Waals surface area contributed by atoms with Crippen LogP contribution in [0.3, 0.4) is 0 Å². The normalized spacial score (nSPS) is 11.4. The molecule has 2 rings (SSSR count). The lowest BCUT2D eigenvalue weighted by molar-refractivity contribution is 0.117. The van der Waals surface area contributed by atoms with Crippen molar-refractivity contribution >= 4 is 41.3 Å². The van der Waals surface area contributed by atoms with E-state index in [0.29, 0.717) is 19.1 Å². The van der Waals surface area contributed by atoms with E-state index in [0.717, 1.165) is 49.2 Å². The van der Waals surface area contributed by atoms with Crippen LogP contribution in [0.2, 0.25) is 0 Å². The molecule has 0 aliphatic carbocycles. The first-order valence-electron chi connectivity index (χ1n) is 9.77. The topological polar surface area (TPSA) is 58.5 Å². The molecule has 7 heteroatoms. The Morgan fingerprint density at radius 2 is 1.96 bits per heavy atom. The Hall–Kier alpha value is -1.19. The van der Waals surface area contributed by atoms with Gasteiger partial charge in [0.05, 0.1) is 18.8 Å². The van der Waals surface area contributed by atoms with Gasteiger partial charge in [0.1, 0.15) is 5.01 Å². The lowest BCUT2D eigenvalue weighted by Crippen LogP contribution is -2.37. The number of benzene rings is 1. The first kappa shape index (κ1) is 24.8. The van der Waals surface area contributed by atoms with Gasteiger partial charge in [0.2, 0.25) is 0 Å². The van der Waals surface area contributed by atoms with Gasteiger partial charge in [-0.1, -0.05) is 44.2 Å². The zero-order chi connectivity index (χ0) is 19.3. The highest BCUT2D eigenvalue weighted by Crippen LogP contribution is 2.18. The smallest absolute Gasteiger partial charge is 0.191 e. The molecule has 0 bridgehead atoms. The monoisotopic (exact) mass is 516 g/mol. The molecule has 2 aromatic rings. The number of aliphatic imine (C=N–C) groups is 1. The van der Waals surface area contributed by atoms with Gasteiger partial charge in [0.15, 0.2) is 5.96 Å². The SMILES string of the molecule is CCNC(=NCc1nc(C(C)C)cs1)NCCCCOCc1ccccc1.I. The molecular formula is C21H33IN4OS. The molecule has 0 aliphatic heterocycles. The summed E-state index contributed by atoms with van der Waals surface area (Å²) in [6, 6.07) is 10.3. The maximum atomic E-state index is 5.72. The van der Waals surface area contributed by atoms with Crippen molar-refractivity contribution in [2.24, 2.45) is 4.99 Å². The summed E-state index contributed by atoms with van der Waals surface area (Å²) in [5.41, 5.74) is 2.37. The van der Waals surface area contributed by atoms with Crippen LogP contribution in [-0.2, 0) is 17.9 Å². The number of halogens is 1. The molecule has 0 aliphatic rings. The van der Waals surface area contributed by atoms with Gasteiger partial charge in [0, 0.05) is 25.1 Å². The van der Waals surface area contributed by atoms with E-state index in [4.69, 9.17) is 4.74 Å². The highest BCUT2D eigenvalue weighted by Gasteiger charge is 2.05. The molecule has 1 aromatic carbocycles. The van der Waals surface area contributed by atoms with Crippen LogP contribution in [-0.4, -0.2) is 30.6 Å². The van der Waals surface area contributed by atoms with E-state index in [1.54, 1.807) is 11.3 Å². The summed E-state index contributed by atoms with van der Waals surface area (Å²) < 4.78 is 5.72. The lowest BCUT2D eigenvalue weighted by atomic mass is 10.2. The van der Waals surface area contributed by atoms with Gasteiger partial charge in [-0.15, -0.1) is 35.3 Å². The maximum absolute atomic E-state index is 5.72. The lowest BCUT2D eigenvalue weighted by Gasteiger charge is -2.11. The molecule has 28 heavy (non-hydrogen) atoms. The fourth-order valence-electron chi connectivity index (χ4n) is 2.45. The van der Waals surface area contributed by atoms with E-state index < -0.39 is 0 Å². The second kappa shape index (κ2) is 14.8. The first-order chi connectivity index (χ1) is 13.2. The third kappa shape index (κ3) is 9.84. The molecule has 156 valence electrons.